The van der Waals surface area contributed by atoms with Gasteiger partial charge in [0.05, 0.1) is 35.1 Å². The van der Waals surface area contributed by atoms with Gasteiger partial charge in [0.2, 0.25) is 0 Å². The Balaban J connectivity index is 2.20. The van der Waals surface area contributed by atoms with Crippen LogP contribution in [0, 0.1) is 11.6 Å². The Hall–Kier alpha value is -3.75. The minimum atomic E-state index is -1.27. The standard InChI is InChI=1S/C25H21F2NO5/c1-25(12-29,13-30)23-20(14-2-4-15(5-3-14)24(32)33)21-19(11-10-18(27)22(21)31)28(23)17-8-6-16(26)7-9-17/h2-11,29-31H,12-13H2,1H3,(H,32,33). The normalized spacial score (nSPS) is 11.8. The summed E-state index contributed by atoms with van der Waals surface area (Å²) in [7, 11) is 0. The molecular formula is C25H21F2NO5. The summed E-state index contributed by atoms with van der Waals surface area (Å²) in [5.74, 6) is -3.10. The predicted octanol–water partition coefficient (Wildman–Crippen LogP) is 4.22. The number of aromatic carboxylic acids is 1. The highest BCUT2D eigenvalue weighted by molar-refractivity contribution is 6.04. The maximum absolute atomic E-state index is 14.5. The molecule has 0 amide bonds. The Kier molecular flexibility index (Phi) is 5.65. The van der Waals surface area contributed by atoms with Crippen LogP contribution in [-0.2, 0) is 5.41 Å². The number of phenols is 1. The lowest BCUT2D eigenvalue weighted by atomic mass is 9.83. The maximum Gasteiger partial charge on any atom is 0.335 e. The number of benzene rings is 3. The van der Waals surface area contributed by atoms with Crippen LogP contribution in [0.2, 0.25) is 0 Å². The molecule has 170 valence electrons. The highest BCUT2D eigenvalue weighted by Gasteiger charge is 2.36. The Morgan fingerprint density at radius 2 is 1.55 bits per heavy atom. The molecule has 0 aliphatic carbocycles. The molecule has 6 nitrogen and oxygen atoms in total. The first kappa shape index (κ1) is 22.4. The molecule has 3 aromatic carbocycles. The van der Waals surface area contributed by atoms with Gasteiger partial charge in [0.15, 0.2) is 11.6 Å². The van der Waals surface area contributed by atoms with Crippen molar-refractivity contribution in [3.63, 3.8) is 0 Å². The molecule has 8 heteroatoms. The Bertz CT molecular complexity index is 1340. The molecule has 1 heterocycles. The number of phenolic OH excluding ortho intramolecular Hbond substituents is 1. The van der Waals surface area contributed by atoms with Gasteiger partial charge in [-0.05, 0) is 61.0 Å². The summed E-state index contributed by atoms with van der Waals surface area (Å²) in [4.78, 5) is 11.3. The van der Waals surface area contributed by atoms with E-state index in [2.05, 4.69) is 0 Å². The Morgan fingerprint density at radius 1 is 0.939 bits per heavy atom. The number of carboxylic acids is 1. The quantitative estimate of drug-likeness (QED) is 0.350. The van der Waals surface area contributed by atoms with Gasteiger partial charge in [0, 0.05) is 16.9 Å². The molecule has 33 heavy (non-hydrogen) atoms. The van der Waals surface area contributed by atoms with Crippen LogP contribution in [0.1, 0.15) is 23.0 Å². The summed E-state index contributed by atoms with van der Waals surface area (Å²) in [5, 5.41) is 40.6. The van der Waals surface area contributed by atoms with Crippen LogP contribution in [0.3, 0.4) is 0 Å². The number of aromatic hydroxyl groups is 1. The zero-order chi connectivity index (χ0) is 23.9. The van der Waals surface area contributed by atoms with Crippen molar-refractivity contribution >= 4 is 16.9 Å². The largest absolute Gasteiger partial charge is 0.504 e. The number of hydrogen-bond acceptors (Lipinski definition) is 4. The lowest BCUT2D eigenvalue weighted by Crippen LogP contribution is -2.34. The van der Waals surface area contributed by atoms with Crippen molar-refractivity contribution in [2.45, 2.75) is 12.3 Å². The van der Waals surface area contributed by atoms with E-state index in [-0.39, 0.29) is 10.9 Å². The third-order valence-electron chi connectivity index (χ3n) is 5.83. The molecule has 0 bridgehead atoms. The van der Waals surface area contributed by atoms with Gasteiger partial charge in [-0.15, -0.1) is 0 Å². The van der Waals surface area contributed by atoms with Gasteiger partial charge in [-0.1, -0.05) is 12.1 Å². The van der Waals surface area contributed by atoms with Crippen LogP contribution in [0.4, 0.5) is 8.78 Å². The zero-order valence-corrected chi connectivity index (χ0v) is 17.6. The van der Waals surface area contributed by atoms with Crippen molar-refractivity contribution in [3.05, 3.63) is 83.6 Å². The molecule has 0 saturated heterocycles. The molecule has 0 spiro atoms. The van der Waals surface area contributed by atoms with E-state index >= 15 is 0 Å². The summed E-state index contributed by atoms with van der Waals surface area (Å²) in [6.45, 7) is 0.610. The van der Waals surface area contributed by atoms with E-state index in [0.717, 1.165) is 6.07 Å². The SMILES string of the molecule is CC(CO)(CO)c1c(-c2ccc(C(=O)O)cc2)c2c(O)c(F)ccc2n1-c1ccc(F)cc1. The number of aromatic nitrogens is 1. The predicted molar refractivity (Wildman–Crippen MR) is 119 cm³/mol. The van der Waals surface area contributed by atoms with E-state index < -0.39 is 42.0 Å². The first-order chi connectivity index (χ1) is 15.7. The number of aliphatic hydroxyl groups is 2. The highest BCUT2D eigenvalue weighted by Crippen LogP contribution is 2.46. The fourth-order valence-corrected chi connectivity index (χ4v) is 4.03. The van der Waals surface area contributed by atoms with Gasteiger partial charge in [0.25, 0.3) is 0 Å². The molecule has 0 unspecified atom stereocenters. The van der Waals surface area contributed by atoms with Crippen LogP contribution in [0.5, 0.6) is 5.75 Å². The third-order valence-corrected chi connectivity index (χ3v) is 5.83. The fraction of sp³-hybridized carbons (Fsp3) is 0.160. The van der Waals surface area contributed by atoms with E-state index in [0.29, 0.717) is 28.0 Å². The van der Waals surface area contributed by atoms with Gasteiger partial charge < -0.3 is 25.0 Å². The lowest BCUT2D eigenvalue weighted by Gasteiger charge is -2.29. The number of carbonyl (C=O) groups is 1. The number of fused-ring (bicyclic) bond motifs is 1. The van der Waals surface area contributed by atoms with Gasteiger partial charge in [-0.25, -0.2) is 13.6 Å². The first-order valence-corrected chi connectivity index (χ1v) is 10.1. The van der Waals surface area contributed by atoms with Gasteiger partial charge in [0.1, 0.15) is 5.82 Å². The molecule has 0 aliphatic heterocycles. The monoisotopic (exact) mass is 453 g/mol. The smallest absolute Gasteiger partial charge is 0.335 e. The molecule has 0 aliphatic rings. The Labute approximate surface area is 187 Å². The minimum Gasteiger partial charge on any atom is -0.504 e. The molecule has 0 atom stereocenters. The highest BCUT2D eigenvalue weighted by atomic mass is 19.1. The number of hydrogen-bond donors (Lipinski definition) is 4. The van der Waals surface area contributed by atoms with E-state index in [1.54, 1.807) is 11.5 Å². The van der Waals surface area contributed by atoms with Crippen molar-refractivity contribution in [2.24, 2.45) is 0 Å². The van der Waals surface area contributed by atoms with Crippen molar-refractivity contribution in [1.29, 1.82) is 0 Å². The molecule has 0 saturated carbocycles. The first-order valence-electron chi connectivity index (χ1n) is 10.1. The van der Waals surface area contributed by atoms with Crippen molar-refractivity contribution in [2.75, 3.05) is 13.2 Å². The molecular weight excluding hydrogens is 432 g/mol. The van der Waals surface area contributed by atoms with E-state index in [1.165, 1.54) is 54.6 Å². The van der Waals surface area contributed by atoms with Gasteiger partial charge in [-0.3, -0.25) is 0 Å². The zero-order valence-electron chi connectivity index (χ0n) is 17.6. The molecule has 4 rings (SSSR count). The van der Waals surface area contributed by atoms with Crippen LogP contribution in [-0.4, -0.2) is 44.2 Å². The van der Waals surface area contributed by atoms with Crippen LogP contribution in [0.25, 0.3) is 27.7 Å². The molecule has 4 aromatic rings. The third kappa shape index (κ3) is 3.63. The minimum absolute atomic E-state index is 0.0325. The van der Waals surface area contributed by atoms with Crippen LogP contribution in [0.15, 0.2) is 60.7 Å². The van der Waals surface area contributed by atoms with Gasteiger partial charge in [-0.2, -0.15) is 0 Å². The van der Waals surface area contributed by atoms with E-state index in [4.69, 9.17) is 0 Å². The topological polar surface area (TPSA) is 103 Å². The number of halogens is 2. The van der Waals surface area contributed by atoms with Crippen LogP contribution >= 0.6 is 0 Å². The molecule has 4 N–H and O–H groups in total. The average molecular weight is 453 g/mol. The maximum atomic E-state index is 14.5. The molecule has 0 radical (unpaired) electrons. The number of carboxylic acid groups (broad SMARTS) is 1. The summed E-state index contributed by atoms with van der Waals surface area (Å²) < 4.78 is 29.8. The second-order valence-corrected chi connectivity index (χ2v) is 8.08. The van der Waals surface area contributed by atoms with Crippen molar-refractivity contribution < 1.29 is 34.0 Å². The number of rotatable bonds is 6. The number of aliphatic hydroxyl groups excluding tert-OH is 2. The van der Waals surface area contributed by atoms with Crippen molar-refractivity contribution in [3.8, 4) is 22.6 Å². The summed E-state index contributed by atoms with van der Waals surface area (Å²) in [6, 6.07) is 13.8. The number of nitrogens with zero attached hydrogens (tertiary/aromatic N) is 1. The molecule has 1 aromatic heterocycles. The second-order valence-electron chi connectivity index (χ2n) is 8.08. The summed E-state index contributed by atoms with van der Waals surface area (Å²) in [5.41, 5.74) is 0.689. The Morgan fingerprint density at radius 3 is 2.09 bits per heavy atom. The average Bonchev–Trinajstić information content (AvgIpc) is 3.18. The van der Waals surface area contributed by atoms with Crippen LogP contribution < -0.4 is 0 Å². The lowest BCUT2D eigenvalue weighted by molar-refractivity contribution is 0.0697. The second kappa shape index (κ2) is 8.31. The van der Waals surface area contributed by atoms with Crippen molar-refractivity contribution in [1.82, 2.24) is 4.57 Å². The molecule has 0 fully saturated rings. The van der Waals surface area contributed by atoms with Gasteiger partial charge >= 0.3 is 5.97 Å². The fourth-order valence-electron chi connectivity index (χ4n) is 4.03. The van der Waals surface area contributed by atoms with E-state index in [1.807, 2.05) is 0 Å². The summed E-state index contributed by atoms with van der Waals surface area (Å²) in [6.07, 6.45) is 0. The van der Waals surface area contributed by atoms with E-state index in [9.17, 15) is 34.0 Å². The summed E-state index contributed by atoms with van der Waals surface area (Å²) >= 11 is 0.